The monoisotopic (exact) mass is 562 g/mol. The molecule has 7 N–H and O–H groups in total. The number of para-hydroxylation sites is 1. The molecule has 1 aliphatic heterocycles. The van der Waals surface area contributed by atoms with Crippen LogP contribution in [0.3, 0.4) is 0 Å². The van der Waals surface area contributed by atoms with Crippen LogP contribution >= 0.6 is 0 Å². The van der Waals surface area contributed by atoms with E-state index in [4.69, 9.17) is 10.5 Å². The Morgan fingerprint density at radius 2 is 1.73 bits per heavy atom. The van der Waals surface area contributed by atoms with Gasteiger partial charge in [0.1, 0.15) is 34.7 Å². The van der Waals surface area contributed by atoms with Crippen LogP contribution in [-0.4, -0.2) is 79.7 Å². The van der Waals surface area contributed by atoms with Crippen LogP contribution in [0.4, 0.5) is 0 Å². The minimum Gasteiger partial charge on any atom is -0.510 e. The number of aliphatic hydroxyl groups is 4. The van der Waals surface area contributed by atoms with E-state index in [1.54, 1.807) is 25.1 Å². The maximum atomic E-state index is 14.1. The number of amides is 1. The summed E-state index contributed by atoms with van der Waals surface area (Å²) in [6.07, 6.45) is -1.77. The number of ketones is 2. The molecular formula is C30H30N2O9. The first-order valence-electron chi connectivity index (χ1n) is 13.3. The van der Waals surface area contributed by atoms with E-state index in [-0.39, 0.29) is 11.3 Å². The first-order valence-corrected chi connectivity index (χ1v) is 13.3. The zero-order valence-electron chi connectivity index (χ0n) is 22.5. The number of fused-ring (bicyclic) bond motifs is 4. The van der Waals surface area contributed by atoms with Crippen molar-refractivity contribution in [3.05, 3.63) is 81.3 Å². The fourth-order valence-corrected chi connectivity index (χ4v) is 7.25. The second-order valence-corrected chi connectivity index (χ2v) is 11.4. The van der Waals surface area contributed by atoms with Gasteiger partial charge in [-0.25, -0.2) is 0 Å². The SMILES string of the molecule is C[C@@H]1c2ccc(C3Cc4ccccc4O3)c(O)c2C(=O)C2=C(O)[C@@]3(O)C(=O)C(C(N)=O)=C(O)[C@H](N(C)C)[C@H]3[C@H](O)[C@H]21. The van der Waals surface area contributed by atoms with Gasteiger partial charge in [0.15, 0.2) is 11.4 Å². The Labute approximate surface area is 234 Å². The quantitative estimate of drug-likeness (QED) is 0.298. The third-order valence-corrected chi connectivity index (χ3v) is 9.16. The Balaban J connectivity index is 1.52. The van der Waals surface area contributed by atoms with Gasteiger partial charge < -0.3 is 36.0 Å². The fraction of sp³-hybridized carbons (Fsp3) is 0.367. The van der Waals surface area contributed by atoms with Gasteiger partial charge in [-0.3, -0.25) is 19.3 Å². The standard InChI is InChI=1S/C30H30N2O9/c1-11-13-8-9-14(16-10-12-6-4-5-7-15(12)41-16)23(33)18(13)24(34)19-17(11)25(35)21-22(32(2)3)26(36)20(29(31)39)28(38)30(21,40)27(19)37/h4-9,11,16-17,21-22,25,33,35-37,40H,10H2,1-3H3,(H2,31,39)/t11-,16?,17+,21+,22-,25-,30-/m1/s1. The van der Waals surface area contributed by atoms with Crippen molar-refractivity contribution in [2.45, 2.75) is 43.1 Å². The lowest BCUT2D eigenvalue weighted by Crippen LogP contribution is -2.68. The third-order valence-electron chi connectivity index (χ3n) is 9.16. The number of nitrogens with zero attached hydrogens (tertiary/aromatic N) is 1. The van der Waals surface area contributed by atoms with Crippen LogP contribution in [0.5, 0.6) is 11.5 Å². The molecule has 0 spiro atoms. The Hall–Kier alpha value is -4.19. The van der Waals surface area contributed by atoms with E-state index >= 15 is 0 Å². The molecule has 2 aromatic carbocycles. The molecule has 214 valence electrons. The first-order chi connectivity index (χ1) is 19.3. The molecule has 1 heterocycles. The van der Waals surface area contributed by atoms with E-state index in [2.05, 4.69) is 0 Å². The van der Waals surface area contributed by atoms with Crippen molar-refractivity contribution in [1.82, 2.24) is 4.90 Å². The highest BCUT2D eigenvalue weighted by Crippen LogP contribution is 2.56. The van der Waals surface area contributed by atoms with Gasteiger partial charge in [-0.1, -0.05) is 37.3 Å². The predicted molar refractivity (Wildman–Crippen MR) is 143 cm³/mol. The second kappa shape index (κ2) is 8.90. The normalized spacial score (nSPS) is 32.3. The second-order valence-electron chi connectivity index (χ2n) is 11.4. The summed E-state index contributed by atoms with van der Waals surface area (Å²) in [5, 5.41) is 57.3. The Kier molecular flexibility index (Phi) is 5.86. The molecule has 3 aliphatic carbocycles. The number of aliphatic hydroxyl groups excluding tert-OH is 3. The summed E-state index contributed by atoms with van der Waals surface area (Å²) >= 11 is 0. The predicted octanol–water partition coefficient (Wildman–Crippen LogP) is 1.33. The lowest BCUT2D eigenvalue weighted by Gasteiger charge is -2.53. The van der Waals surface area contributed by atoms with Gasteiger partial charge in [0.05, 0.1) is 23.6 Å². The molecule has 0 fully saturated rings. The van der Waals surface area contributed by atoms with Crippen LogP contribution < -0.4 is 10.5 Å². The van der Waals surface area contributed by atoms with Crippen LogP contribution in [0.25, 0.3) is 0 Å². The molecule has 1 unspecified atom stereocenters. The molecule has 11 heteroatoms. The number of rotatable bonds is 3. The summed E-state index contributed by atoms with van der Waals surface area (Å²) in [6, 6.07) is 9.43. The minimum absolute atomic E-state index is 0.137. The van der Waals surface area contributed by atoms with Gasteiger partial charge in [-0.2, -0.15) is 0 Å². The van der Waals surface area contributed by atoms with Crippen LogP contribution in [0.1, 0.15) is 46.0 Å². The molecule has 1 amide bonds. The van der Waals surface area contributed by atoms with E-state index in [0.717, 1.165) is 5.56 Å². The molecule has 6 rings (SSSR count). The molecule has 41 heavy (non-hydrogen) atoms. The van der Waals surface area contributed by atoms with Crippen molar-refractivity contribution in [3.63, 3.8) is 0 Å². The lowest BCUT2D eigenvalue weighted by molar-refractivity contribution is -0.162. The van der Waals surface area contributed by atoms with Crippen molar-refractivity contribution in [3.8, 4) is 11.5 Å². The first kappa shape index (κ1) is 27.0. The maximum absolute atomic E-state index is 14.1. The zero-order valence-corrected chi connectivity index (χ0v) is 22.5. The number of nitrogens with two attached hydrogens (primary N) is 1. The zero-order chi connectivity index (χ0) is 29.7. The summed E-state index contributed by atoms with van der Waals surface area (Å²) < 4.78 is 6.02. The molecule has 0 aromatic heterocycles. The van der Waals surface area contributed by atoms with E-state index in [0.29, 0.717) is 23.3 Å². The Bertz CT molecular complexity index is 1580. The molecule has 2 aromatic rings. The summed E-state index contributed by atoms with van der Waals surface area (Å²) in [4.78, 5) is 41.1. The number of phenols is 1. The molecular weight excluding hydrogens is 532 g/mol. The summed E-state index contributed by atoms with van der Waals surface area (Å²) in [6.45, 7) is 1.69. The van der Waals surface area contributed by atoms with E-state index in [1.807, 2.05) is 18.2 Å². The average Bonchev–Trinajstić information content (AvgIpc) is 3.34. The lowest BCUT2D eigenvalue weighted by atomic mass is 9.55. The number of hydrogen-bond acceptors (Lipinski definition) is 10. The van der Waals surface area contributed by atoms with E-state index in [9.17, 15) is 39.9 Å². The number of aromatic hydroxyl groups is 1. The van der Waals surface area contributed by atoms with Gasteiger partial charge in [0, 0.05) is 23.5 Å². The van der Waals surface area contributed by atoms with Gasteiger partial charge in [0.25, 0.3) is 5.91 Å². The summed E-state index contributed by atoms with van der Waals surface area (Å²) in [5.41, 5.74) is 2.58. The van der Waals surface area contributed by atoms with Crippen LogP contribution in [0, 0.1) is 11.8 Å². The maximum Gasteiger partial charge on any atom is 0.255 e. The van der Waals surface area contributed by atoms with Crippen molar-refractivity contribution in [2.75, 3.05) is 14.1 Å². The number of Topliss-reactive ketones (excluding diaryl/α,β-unsaturated/α-hetero) is 2. The molecule has 0 radical (unpaired) electrons. The molecule has 7 atom stereocenters. The number of benzene rings is 2. The largest absolute Gasteiger partial charge is 0.510 e. The molecule has 11 nitrogen and oxygen atoms in total. The number of hydrogen-bond donors (Lipinski definition) is 6. The third kappa shape index (κ3) is 3.39. The van der Waals surface area contributed by atoms with Gasteiger partial charge in [-0.05, 0) is 37.2 Å². The fourth-order valence-electron chi connectivity index (χ4n) is 7.25. The molecule has 0 bridgehead atoms. The van der Waals surface area contributed by atoms with E-state index in [1.165, 1.54) is 19.0 Å². The van der Waals surface area contributed by atoms with Gasteiger partial charge in [-0.15, -0.1) is 0 Å². The van der Waals surface area contributed by atoms with Crippen LogP contribution in [0.15, 0.2) is 59.1 Å². The van der Waals surface area contributed by atoms with Crippen LogP contribution in [0.2, 0.25) is 0 Å². The number of ether oxygens (including phenoxy) is 1. The number of phenolic OH excluding ortho intramolecular Hbond substituents is 1. The Morgan fingerprint density at radius 1 is 1.07 bits per heavy atom. The topological polar surface area (TPSA) is 191 Å². The highest BCUT2D eigenvalue weighted by molar-refractivity contribution is 6.25. The number of primary amides is 1. The highest BCUT2D eigenvalue weighted by Gasteiger charge is 2.67. The highest BCUT2D eigenvalue weighted by atomic mass is 16.5. The average molecular weight is 563 g/mol. The summed E-state index contributed by atoms with van der Waals surface area (Å²) in [7, 11) is 2.98. The summed E-state index contributed by atoms with van der Waals surface area (Å²) in [5.74, 6) is -8.48. The Morgan fingerprint density at radius 3 is 2.37 bits per heavy atom. The van der Waals surface area contributed by atoms with Crippen molar-refractivity contribution in [2.24, 2.45) is 17.6 Å². The number of likely N-dealkylation sites (N-methyl/N-ethyl adjacent to an activating group) is 1. The number of carbonyl (C=O) groups excluding carboxylic acids is 3. The van der Waals surface area contributed by atoms with Crippen molar-refractivity contribution < 1.29 is 44.7 Å². The molecule has 0 saturated heterocycles. The smallest absolute Gasteiger partial charge is 0.255 e. The van der Waals surface area contributed by atoms with Crippen molar-refractivity contribution in [1.29, 1.82) is 0 Å². The van der Waals surface area contributed by atoms with E-state index < -0.39 is 81.7 Å². The van der Waals surface area contributed by atoms with Gasteiger partial charge in [0.2, 0.25) is 5.78 Å². The molecule has 0 saturated carbocycles. The minimum atomic E-state index is -2.95. The number of carbonyl (C=O) groups is 3. The van der Waals surface area contributed by atoms with Gasteiger partial charge >= 0.3 is 0 Å². The van der Waals surface area contributed by atoms with Crippen molar-refractivity contribution >= 4 is 17.5 Å². The van der Waals surface area contributed by atoms with Crippen LogP contribution in [-0.2, 0) is 16.0 Å². The molecule has 4 aliphatic rings.